The molecule has 5 heterocycles. The molecule has 2 aliphatic heterocycles. The molecule has 3 aromatic heterocycles. The Balaban J connectivity index is 1.43. The Bertz CT molecular complexity index is 1070. The number of aromatic nitrogens is 4. The molecule has 2 fully saturated rings. The summed E-state index contributed by atoms with van der Waals surface area (Å²) in [6.45, 7) is 8.12. The lowest BCUT2D eigenvalue weighted by atomic mass is 9.75. The first-order valence-corrected chi connectivity index (χ1v) is 11.4. The largest absolute Gasteiger partial charge is 0.338 e. The van der Waals surface area contributed by atoms with E-state index in [2.05, 4.69) is 51.6 Å². The summed E-state index contributed by atoms with van der Waals surface area (Å²) < 4.78 is 2.14. The van der Waals surface area contributed by atoms with Gasteiger partial charge in [0.25, 0.3) is 0 Å². The maximum Gasteiger partial charge on any atom is 0.231 e. The highest BCUT2D eigenvalue weighted by Crippen LogP contribution is 2.50. The molecule has 0 unspecified atom stereocenters. The van der Waals surface area contributed by atoms with Gasteiger partial charge in [-0.25, -0.2) is 4.98 Å². The van der Waals surface area contributed by atoms with Gasteiger partial charge in [0.15, 0.2) is 0 Å². The van der Waals surface area contributed by atoms with E-state index in [1.807, 2.05) is 42.0 Å². The van der Waals surface area contributed by atoms with Crippen molar-refractivity contribution in [1.82, 2.24) is 29.3 Å². The summed E-state index contributed by atoms with van der Waals surface area (Å²) in [5, 5.41) is 0. The molecule has 0 saturated carbocycles. The Kier molecular flexibility index (Phi) is 5.51. The van der Waals surface area contributed by atoms with Crippen molar-refractivity contribution < 1.29 is 4.79 Å². The van der Waals surface area contributed by atoms with Crippen LogP contribution in [0, 0.1) is 5.41 Å². The molecule has 166 valence electrons. The van der Waals surface area contributed by atoms with Gasteiger partial charge >= 0.3 is 0 Å². The van der Waals surface area contributed by atoms with Gasteiger partial charge in [-0.2, -0.15) is 0 Å². The number of likely N-dealkylation sites (tertiary alicyclic amines) is 2. The van der Waals surface area contributed by atoms with Crippen LogP contribution in [0.2, 0.25) is 0 Å². The van der Waals surface area contributed by atoms with Crippen molar-refractivity contribution in [2.45, 2.75) is 45.3 Å². The topological polar surface area (TPSA) is 67.2 Å². The van der Waals surface area contributed by atoms with Gasteiger partial charge in [-0.05, 0) is 49.6 Å². The number of hydrogen-bond acceptors (Lipinski definition) is 5. The van der Waals surface area contributed by atoms with E-state index in [1.165, 1.54) is 5.56 Å². The van der Waals surface area contributed by atoms with Crippen LogP contribution in [0.5, 0.6) is 0 Å². The van der Waals surface area contributed by atoms with Gasteiger partial charge < -0.3 is 9.47 Å². The summed E-state index contributed by atoms with van der Waals surface area (Å²) in [6, 6.07) is 8.43. The van der Waals surface area contributed by atoms with Crippen molar-refractivity contribution >= 4 is 5.91 Å². The van der Waals surface area contributed by atoms with Crippen LogP contribution in [0.3, 0.4) is 0 Å². The number of rotatable bonds is 6. The van der Waals surface area contributed by atoms with Crippen LogP contribution < -0.4 is 0 Å². The van der Waals surface area contributed by atoms with E-state index in [0.717, 1.165) is 43.9 Å². The van der Waals surface area contributed by atoms with E-state index in [0.29, 0.717) is 12.6 Å². The van der Waals surface area contributed by atoms with E-state index in [-0.39, 0.29) is 11.8 Å². The summed E-state index contributed by atoms with van der Waals surface area (Å²) in [7, 11) is 0. The number of hydrogen-bond donors (Lipinski definition) is 0. The molecule has 3 aromatic rings. The van der Waals surface area contributed by atoms with Gasteiger partial charge in [-0.15, -0.1) is 0 Å². The molecule has 5 rings (SSSR count). The smallest absolute Gasteiger partial charge is 0.231 e. The van der Waals surface area contributed by atoms with E-state index in [1.54, 1.807) is 6.20 Å². The Morgan fingerprint density at radius 2 is 1.94 bits per heavy atom. The first kappa shape index (κ1) is 20.8. The van der Waals surface area contributed by atoms with E-state index >= 15 is 0 Å². The standard InChI is InChI=1S/C25H30N6O/c1-19(2)31-16-23(28-18-31)22-15-29(13-20-5-9-26-10-6-20)17-25(22)7-11-30(24(25)32)14-21-4-3-8-27-12-21/h3-6,8-10,12,16,18-19,22H,7,11,13-15,17H2,1-2H3/t22-,25+/m0/s1. The second kappa shape index (κ2) is 8.47. The van der Waals surface area contributed by atoms with Gasteiger partial charge in [0.05, 0.1) is 17.4 Å². The van der Waals surface area contributed by atoms with Crippen molar-refractivity contribution in [3.8, 4) is 0 Å². The molecule has 32 heavy (non-hydrogen) atoms. The molecule has 0 N–H and O–H groups in total. The Morgan fingerprint density at radius 3 is 2.66 bits per heavy atom. The maximum atomic E-state index is 13.9. The Labute approximate surface area is 189 Å². The molecule has 1 spiro atoms. The van der Waals surface area contributed by atoms with Gasteiger partial charge in [-0.1, -0.05) is 6.07 Å². The number of carbonyl (C=O) groups is 1. The molecule has 0 aliphatic carbocycles. The lowest BCUT2D eigenvalue weighted by molar-refractivity contribution is -0.136. The highest BCUT2D eigenvalue weighted by molar-refractivity contribution is 5.86. The maximum absolute atomic E-state index is 13.9. The predicted octanol–water partition coefficient (Wildman–Crippen LogP) is 3.27. The summed E-state index contributed by atoms with van der Waals surface area (Å²) in [4.78, 5) is 31.4. The fraction of sp³-hybridized carbons (Fsp3) is 0.440. The third-order valence-corrected chi connectivity index (χ3v) is 6.98. The van der Waals surface area contributed by atoms with Crippen molar-refractivity contribution in [1.29, 1.82) is 0 Å². The fourth-order valence-corrected chi connectivity index (χ4v) is 5.26. The van der Waals surface area contributed by atoms with E-state index < -0.39 is 5.41 Å². The predicted molar refractivity (Wildman–Crippen MR) is 122 cm³/mol. The fourth-order valence-electron chi connectivity index (χ4n) is 5.26. The zero-order valence-corrected chi connectivity index (χ0v) is 18.8. The van der Waals surface area contributed by atoms with Gasteiger partial charge in [0.2, 0.25) is 5.91 Å². The van der Waals surface area contributed by atoms with Crippen molar-refractivity contribution in [3.05, 3.63) is 78.4 Å². The minimum absolute atomic E-state index is 0.0933. The van der Waals surface area contributed by atoms with Gasteiger partial charge in [-0.3, -0.25) is 19.7 Å². The quantitative estimate of drug-likeness (QED) is 0.600. The molecule has 7 heteroatoms. The van der Waals surface area contributed by atoms with Gasteiger partial charge in [0, 0.05) is 75.7 Å². The summed E-state index contributed by atoms with van der Waals surface area (Å²) >= 11 is 0. The van der Waals surface area contributed by atoms with Crippen LogP contribution in [-0.4, -0.2) is 54.9 Å². The third-order valence-electron chi connectivity index (χ3n) is 6.98. The zero-order valence-electron chi connectivity index (χ0n) is 18.8. The van der Waals surface area contributed by atoms with E-state index in [4.69, 9.17) is 4.98 Å². The molecule has 0 aromatic carbocycles. The monoisotopic (exact) mass is 430 g/mol. The molecular weight excluding hydrogens is 400 g/mol. The average molecular weight is 431 g/mol. The molecule has 7 nitrogen and oxygen atoms in total. The molecule has 1 amide bonds. The van der Waals surface area contributed by atoms with Crippen LogP contribution in [-0.2, 0) is 17.9 Å². The number of pyridine rings is 2. The highest BCUT2D eigenvalue weighted by atomic mass is 16.2. The van der Waals surface area contributed by atoms with Crippen LogP contribution in [0.1, 0.15) is 49.0 Å². The summed E-state index contributed by atoms with van der Waals surface area (Å²) in [5.74, 6) is 0.346. The van der Waals surface area contributed by atoms with Crippen LogP contribution in [0.15, 0.2) is 61.6 Å². The number of nitrogens with zero attached hydrogens (tertiary/aromatic N) is 6. The highest BCUT2D eigenvalue weighted by Gasteiger charge is 2.57. The lowest BCUT2D eigenvalue weighted by Gasteiger charge is -2.28. The van der Waals surface area contributed by atoms with Crippen LogP contribution >= 0.6 is 0 Å². The first-order chi connectivity index (χ1) is 15.5. The molecule has 0 bridgehead atoms. The van der Waals surface area contributed by atoms with Gasteiger partial charge in [0.1, 0.15) is 0 Å². The SMILES string of the molecule is CC(C)n1cnc([C@@H]2CN(Cc3ccncc3)C[C@]23CCN(Cc2cccnc2)C3=O)c1. The minimum Gasteiger partial charge on any atom is -0.338 e. The van der Waals surface area contributed by atoms with Crippen molar-refractivity contribution in [3.63, 3.8) is 0 Å². The zero-order chi connectivity index (χ0) is 22.1. The summed E-state index contributed by atoms with van der Waals surface area (Å²) in [6.07, 6.45) is 12.2. The van der Waals surface area contributed by atoms with Crippen molar-refractivity contribution in [2.24, 2.45) is 5.41 Å². The molecule has 2 atom stereocenters. The minimum atomic E-state index is -0.425. The normalized spacial score (nSPS) is 23.7. The van der Waals surface area contributed by atoms with E-state index in [9.17, 15) is 4.79 Å². The average Bonchev–Trinajstić information content (AvgIpc) is 3.50. The molecule has 2 saturated heterocycles. The lowest BCUT2D eigenvalue weighted by Crippen LogP contribution is -2.39. The third kappa shape index (κ3) is 3.81. The Morgan fingerprint density at radius 1 is 1.09 bits per heavy atom. The van der Waals surface area contributed by atoms with Crippen LogP contribution in [0.25, 0.3) is 0 Å². The Hall–Kier alpha value is -3.06. The van der Waals surface area contributed by atoms with Crippen LogP contribution in [0.4, 0.5) is 0 Å². The molecular formula is C25H30N6O. The molecule has 2 aliphatic rings. The second-order valence-corrected chi connectivity index (χ2v) is 9.41. The van der Waals surface area contributed by atoms with Crippen molar-refractivity contribution in [2.75, 3.05) is 19.6 Å². The first-order valence-electron chi connectivity index (χ1n) is 11.4. The number of imidazole rings is 1. The second-order valence-electron chi connectivity index (χ2n) is 9.41. The number of carbonyl (C=O) groups excluding carboxylic acids is 1. The summed E-state index contributed by atoms with van der Waals surface area (Å²) in [5.41, 5.74) is 2.91. The number of amides is 1. The molecule has 0 radical (unpaired) electrons.